The highest BCUT2D eigenvalue weighted by molar-refractivity contribution is 7.92. The number of hydrogen-bond acceptors (Lipinski definition) is 4. The zero-order valence-corrected chi connectivity index (χ0v) is 12.5. The summed E-state index contributed by atoms with van der Waals surface area (Å²) in [5.74, 6) is 0.0689. The third-order valence-electron chi connectivity index (χ3n) is 2.89. The zero-order chi connectivity index (χ0) is 14.9. The molecule has 7 heteroatoms. The minimum Gasteiger partial charge on any atom is -0.507 e. The van der Waals surface area contributed by atoms with Crippen LogP contribution in [0.2, 0.25) is 5.15 Å². The Bertz CT molecular complexity index is 743. The van der Waals surface area contributed by atoms with Crippen LogP contribution in [0.3, 0.4) is 0 Å². The first-order chi connectivity index (χ1) is 9.31. The van der Waals surface area contributed by atoms with Gasteiger partial charge in [0, 0.05) is 11.8 Å². The van der Waals surface area contributed by atoms with Gasteiger partial charge in [-0.1, -0.05) is 17.7 Å². The largest absolute Gasteiger partial charge is 0.507 e. The molecule has 0 amide bonds. The van der Waals surface area contributed by atoms with Crippen molar-refractivity contribution in [2.45, 2.75) is 18.7 Å². The van der Waals surface area contributed by atoms with Crippen molar-refractivity contribution >= 4 is 27.3 Å². The van der Waals surface area contributed by atoms with Crippen LogP contribution >= 0.6 is 11.6 Å². The number of hydrogen-bond donors (Lipinski definition) is 2. The number of phenolic OH excluding ortho intramolecular Hbond substituents is 1. The minimum atomic E-state index is -3.76. The molecule has 0 saturated carbocycles. The molecule has 0 saturated heterocycles. The molecular weight excluding hydrogens is 300 g/mol. The lowest BCUT2D eigenvalue weighted by Gasteiger charge is -2.12. The lowest BCUT2D eigenvalue weighted by Crippen LogP contribution is -2.14. The average Bonchev–Trinajstić information content (AvgIpc) is 2.40. The summed E-state index contributed by atoms with van der Waals surface area (Å²) in [5.41, 5.74) is 1.47. The SMILES string of the molecule is Cc1ccc(NS(=O)(=O)c2ccc(Cl)nc2)c(C)c1O. The van der Waals surface area contributed by atoms with E-state index in [9.17, 15) is 13.5 Å². The molecular formula is C13H13ClN2O3S. The zero-order valence-electron chi connectivity index (χ0n) is 10.9. The summed E-state index contributed by atoms with van der Waals surface area (Å²) in [6.45, 7) is 3.38. The van der Waals surface area contributed by atoms with Crippen LogP contribution in [0.1, 0.15) is 11.1 Å². The Morgan fingerprint density at radius 1 is 1.20 bits per heavy atom. The Morgan fingerprint density at radius 2 is 1.90 bits per heavy atom. The molecule has 1 aromatic carbocycles. The predicted molar refractivity (Wildman–Crippen MR) is 77.6 cm³/mol. The Labute approximate surface area is 122 Å². The van der Waals surface area contributed by atoms with Gasteiger partial charge in [0.2, 0.25) is 0 Å². The van der Waals surface area contributed by atoms with Gasteiger partial charge in [0.25, 0.3) is 10.0 Å². The number of rotatable bonds is 3. The third-order valence-corrected chi connectivity index (χ3v) is 4.46. The monoisotopic (exact) mass is 312 g/mol. The van der Waals surface area contributed by atoms with Crippen molar-refractivity contribution in [3.8, 4) is 5.75 Å². The van der Waals surface area contributed by atoms with Gasteiger partial charge in [-0.25, -0.2) is 13.4 Å². The van der Waals surface area contributed by atoms with Crippen molar-refractivity contribution in [2.75, 3.05) is 4.72 Å². The molecule has 20 heavy (non-hydrogen) atoms. The lowest BCUT2D eigenvalue weighted by molar-refractivity contribution is 0.467. The Hall–Kier alpha value is -1.79. The van der Waals surface area contributed by atoms with Crippen LogP contribution in [0, 0.1) is 13.8 Å². The van der Waals surface area contributed by atoms with Gasteiger partial charge >= 0.3 is 0 Å². The van der Waals surface area contributed by atoms with Crippen molar-refractivity contribution < 1.29 is 13.5 Å². The van der Waals surface area contributed by atoms with E-state index >= 15 is 0 Å². The van der Waals surface area contributed by atoms with E-state index in [2.05, 4.69) is 9.71 Å². The molecule has 0 aliphatic heterocycles. The molecule has 0 aliphatic carbocycles. The summed E-state index contributed by atoms with van der Waals surface area (Å²) in [6, 6.07) is 6.00. The van der Waals surface area contributed by atoms with Gasteiger partial charge in [-0.3, -0.25) is 4.72 Å². The summed E-state index contributed by atoms with van der Waals surface area (Å²) in [4.78, 5) is 3.74. The van der Waals surface area contributed by atoms with Gasteiger partial charge in [-0.05, 0) is 37.6 Å². The molecule has 0 fully saturated rings. The van der Waals surface area contributed by atoms with Crippen LogP contribution in [0.5, 0.6) is 5.75 Å². The van der Waals surface area contributed by atoms with Crippen molar-refractivity contribution in [1.82, 2.24) is 4.98 Å². The third kappa shape index (κ3) is 2.86. The van der Waals surface area contributed by atoms with Gasteiger partial charge in [0.1, 0.15) is 15.8 Å². The number of aromatic nitrogens is 1. The molecule has 0 bridgehead atoms. The van der Waals surface area contributed by atoms with Crippen LogP contribution in [-0.2, 0) is 10.0 Å². The molecule has 1 heterocycles. The van der Waals surface area contributed by atoms with E-state index in [0.29, 0.717) is 16.8 Å². The number of nitrogens with zero attached hydrogens (tertiary/aromatic N) is 1. The molecule has 2 N–H and O–H groups in total. The highest BCUT2D eigenvalue weighted by atomic mass is 35.5. The van der Waals surface area contributed by atoms with Crippen LogP contribution in [0.25, 0.3) is 0 Å². The fraction of sp³-hybridized carbons (Fsp3) is 0.154. The number of aromatic hydroxyl groups is 1. The normalized spacial score (nSPS) is 11.3. The predicted octanol–water partition coefficient (Wildman–Crippen LogP) is 2.86. The van der Waals surface area contributed by atoms with E-state index < -0.39 is 10.0 Å². The number of benzene rings is 1. The number of aryl methyl sites for hydroxylation is 1. The highest BCUT2D eigenvalue weighted by Gasteiger charge is 2.17. The first kappa shape index (κ1) is 14.6. The number of pyridine rings is 1. The van der Waals surface area contributed by atoms with E-state index in [1.165, 1.54) is 18.3 Å². The first-order valence-electron chi connectivity index (χ1n) is 5.75. The van der Waals surface area contributed by atoms with Crippen molar-refractivity contribution in [3.05, 3.63) is 46.7 Å². The number of halogens is 1. The van der Waals surface area contributed by atoms with Crippen LogP contribution in [-0.4, -0.2) is 18.5 Å². The fourth-order valence-electron chi connectivity index (χ4n) is 1.67. The quantitative estimate of drug-likeness (QED) is 0.854. The summed E-state index contributed by atoms with van der Waals surface area (Å²) < 4.78 is 26.8. The maximum Gasteiger partial charge on any atom is 0.263 e. The van der Waals surface area contributed by atoms with Crippen molar-refractivity contribution in [2.24, 2.45) is 0 Å². The minimum absolute atomic E-state index is 0.00126. The number of phenols is 1. The van der Waals surface area contributed by atoms with Crippen LogP contribution in [0.15, 0.2) is 35.4 Å². The number of nitrogens with one attached hydrogen (secondary N) is 1. The molecule has 0 unspecified atom stereocenters. The number of anilines is 1. The van der Waals surface area contributed by atoms with Crippen LogP contribution < -0.4 is 4.72 Å². The van der Waals surface area contributed by atoms with E-state index in [1.54, 1.807) is 26.0 Å². The summed E-state index contributed by atoms with van der Waals surface area (Å²) in [5, 5.41) is 10.0. The van der Waals surface area contributed by atoms with E-state index in [1.807, 2.05) is 0 Å². The molecule has 0 atom stereocenters. The van der Waals surface area contributed by atoms with E-state index in [-0.39, 0.29) is 15.8 Å². The molecule has 5 nitrogen and oxygen atoms in total. The smallest absolute Gasteiger partial charge is 0.263 e. The molecule has 0 aliphatic rings. The second kappa shape index (κ2) is 5.30. The summed E-state index contributed by atoms with van der Waals surface area (Å²) in [7, 11) is -3.76. The molecule has 2 rings (SSSR count). The molecule has 2 aromatic rings. The molecule has 0 radical (unpaired) electrons. The molecule has 0 spiro atoms. The van der Waals surface area contributed by atoms with E-state index in [4.69, 9.17) is 11.6 Å². The summed E-state index contributed by atoms with van der Waals surface area (Å²) in [6.07, 6.45) is 1.17. The molecule has 1 aromatic heterocycles. The van der Waals surface area contributed by atoms with Gasteiger partial charge in [0.05, 0.1) is 5.69 Å². The highest BCUT2D eigenvalue weighted by Crippen LogP contribution is 2.29. The number of sulfonamides is 1. The first-order valence-corrected chi connectivity index (χ1v) is 7.61. The van der Waals surface area contributed by atoms with Gasteiger partial charge in [0.15, 0.2) is 0 Å². The second-order valence-corrected chi connectivity index (χ2v) is 6.40. The van der Waals surface area contributed by atoms with Gasteiger partial charge < -0.3 is 5.11 Å². The van der Waals surface area contributed by atoms with Gasteiger partial charge in [-0.15, -0.1) is 0 Å². The lowest BCUT2D eigenvalue weighted by atomic mass is 10.1. The Morgan fingerprint density at radius 3 is 2.50 bits per heavy atom. The molecule has 106 valence electrons. The standard InChI is InChI=1S/C13H13ClN2O3S/c1-8-3-5-11(9(2)13(8)17)16-20(18,19)10-4-6-12(14)15-7-10/h3-7,16-17H,1-2H3. The topological polar surface area (TPSA) is 79.3 Å². The van der Waals surface area contributed by atoms with Gasteiger partial charge in [-0.2, -0.15) is 0 Å². The average molecular weight is 313 g/mol. The second-order valence-electron chi connectivity index (χ2n) is 4.33. The maximum atomic E-state index is 12.2. The Balaban J connectivity index is 2.38. The van der Waals surface area contributed by atoms with Crippen molar-refractivity contribution in [3.63, 3.8) is 0 Å². The maximum absolute atomic E-state index is 12.2. The Kier molecular flexibility index (Phi) is 3.87. The van der Waals surface area contributed by atoms with Crippen LogP contribution in [0.4, 0.5) is 5.69 Å². The fourth-order valence-corrected chi connectivity index (χ4v) is 2.85. The van der Waals surface area contributed by atoms with E-state index in [0.717, 1.165) is 0 Å². The summed E-state index contributed by atoms with van der Waals surface area (Å²) >= 11 is 5.63. The van der Waals surface area contributed by atoms with Crippen molar-refractivity contribution in [1.29, 1.82) is 0 Å².